The smallest absolute Gasteiger partial charge is 0.319 e. The average molecular weight is 252 g/mol. The Labute approximate surface area is 105 Å². The average Bonchev–Trinajstić information content (AvgIpc) is 2.31. The number of para-hydroxylation sites is 1. The molecule has 1 aromatic carbocycles. The van der Waals surface area contributed by atoms with E-state index in [-0.39, 0.29) is 12.5 Å². The highest BCUT2D eigenvalue weighted by Crippen LogP contribution is 2.15. The molecule has 98 valence electrons. The lowest BCUT2D eigenvalue weighted by Crippen LogP contribution is -2.31. The number of aliphatic carboxylic acids is 1. The van der Waals surface area contributed by atoms with E-state index in [1.165, 1.54) is 0 Å². The van der Waals surface area contributed by atoms with Crippen LogP contribution in [-0.4, -0.2) is 37.4 Å². The molecule has 0 spiro atoms. The van der Waals surface area contributed by atoms with Crippen molar-refractivity contribution in [2.24, 2.45) is 0 Å². The molecule has 3 N–H and O–H groups in total. The molecule has 0 aliphatic rings. The summed E-state index contributed by atoms with van der Waals surface area (Å²) in [5.41, 5.74) is 1.06. The SMILES string of the molecule is COCCNC(=O)Nc1ccccc1CC(=O)O. The highest BCUT2D eigenvalue weighted by atomic mass is 16.5. The van der Waals surface area contributed by atoms with Crippen LogP contribution in [0.25, 0.3) is 0 Å². The lowest BCUT2D eigenvalue weighted by molar-refractivity contribution is -0.136. The first-order valence-electron chi connectivity index (χ1n) is 5.47. The lowest BCUT2D eigenvalue weighted by Gasteiger charge is -2.10. The first-order valence-corrected chi connectivity index (χ1v) is 5.47. The number of carbonyl (C=O) groups is 2. The quantitative estimate of drug-likeness (QED) is 0.661. The van der Waals surface area contributed by atoms with Gasteiger partial charge in [-0.15, -0.1) is 0 Å². The fourth-order valence-corrected chi connectivity index (χ4v) is 1.39. The molecular formula is C12H16N2O4. The Morgan fingerprint density at radius 3 is 2.72 bits per heavy atom. The van der Waals surface area contributed by atoms with Gasteiger partial charge in [0.1, 0.15) is 0 Å². The van der Waals surface area contributed by atoms with Gasteiger partial charge in [-0.25, -0.2) is 4.79 Å². The zero-order chi connectivity index (χ0) is 13.4. The first kappa shape index (κ1) is 14.0. The number of amides is 2. The van der Waals surface area contributed by atoms with Crippen molar-refractivity contribution in [3.8, 4) is 0 Å². The van der Waals surface area contributed by atoms with Crippen LogP contribution >= 0.6 is 0 Å². The molecule has 0 saturated carbocycles. The Bertz CT molecular complexity index is 420. The van der Waals surface area contributed by atoms with Crippen LogP contribution in [0.5, 0.6) is 0 Å². The largest absolute Gasteiger partial charge is 0.481 e. The van der Waals surface area contributed by atoms with E-state index in [0.717, 1.165) is 0 Å². The minimum absolute atomic E-state index is 0.130. The molecule has 0 heterocycles. The summed E-state index contributed by atoms with van der Waals surface area (Å²) in [6.07, 6.45) is -0.130. The summed E-state index contributed by atoms with van der Waals surface area (Å²) in [6, 6.07) is 6.40. The second kappa shape index (κ2) is 7.29. The number of carboxylic acid groups (broad SMARTS) is 1. The number of methoxy groups -OCH3 is 1. The van der Waals surface area contributed by atoms with Crippen molar-refractivity contribution in [3.63, 3.8) is 0 Å². The van der Waals surface area contributed by atoms with Gasteiger partial charge in [0, 0.05) is 19.3 Å². The number of nitrogens with one attached hydrogen (secondary N) is 2. The Hall–Kier alpha value is -2.08. The predicted molar refractivity (Wildman–Crippen MR) is 66.7 cm³/mol. The molecule has 0 radical (unpaired) electrons. The second-order valence-electron chi connectivity index (χ2n) is 3.60. The zero-order valence-corrected chi connectivity index (χ0v) is 10.1. The fraction of sp³-hybridized carbons (Fsp3) is 0.333. The molecule has 0 bridgehead atoms. The molecule has 0 unspecified atom stereocenters. The molecule has 0 aromatic heterocycles. The maximum Gasteiger partial charge on any atom is 0.319 e. The molecular weight excluding hydrogens is 236 g/mol. The molecule has 1 rings (SSSR count). The van der Waals surface area contributed by atoms with Gasteiger partial charge >= 0.3 is 12.0 Å². The first-order chi connectivity index (χ1) is 8.63. The van der Waals surface area contributed by atoms with Gasteiger partial charge in [0.2, 0.25) is 0 Å². The number of carboxylic acids is 1. The number of benzene rings is 1. The Morgan fingerprint density at radius 2 is 2.06 bits per heavy atom. The van der Waals surface area contributed by atoms with Gasteiger partial charge in [-0.3, -0.25) is 4.79 Å². The van der Waals surface area contributed by atoms with Crippen LogP contribution in [0.1, 0.15) is 5.56 Å². The van der Waals surface area contributed by atoms with E-state index in [2.05, 4.69) is 10.6 Å². The minimum atomic E-state index is -0.941. The summed E-state index contributed by atoms with van der Waals surface area (Å²) in [5.74, 6) is -0.941. The molecule has 2 amide bonds. The molecule has 0 atom stereocenters. The summed E-state index contributed by atoms with van der Waals surface area (Å²) < 4.78 is 4.80. The molecule has 6 heteroatoms. The molecule has 1 aromatic rings. The summed E-state index contributed by atoms with van der Waals surface area (Å²) >= 11 is 0. The van der Waals surface area contributed by atoms with E-state index in [4.69, 9.17) is 9.84 Å². The number of carbonyl (C=O) groups excluding carboxylic acids is 1. The van der Waals surface area contributed by atoms with Gasteiger partial charge in [0.25, 0.3) is 0 Å². The van der Waals surface area contributed by atoms with Crippen LogP contribution in [0.4, 0.5) is 10.5 Å². The van der Waals surface area contributed by atoms with Gasteiger partial charge in [-0.1, -0.05) is 18.2 Å². The maximum atomic E-state index is 11.5. The van der Waals surface area contributed by atoms with E-state index >= 15 is 0 Å². The summed E-state index contributed by atoms with van der Waals surface area (Å²) in [5, 5.41) is 13.9. The number of rotatable bonds is 6. The van der Waals surface area contributed by atoms with E-state index in [1.807, 2.05) is 0 Å². The van der Waals surface area contributed by atoms with E-state index < -0.39 is 5.97 Å². The van der Waals surface area contributed by atoms with Crippen LogP contribution in [0.15, 0.2) is 24.3 Å². The van der Waals surface area contributed by atoms with Crippen molar-refractivity contribution in [3.05, 3.63) is 29.8 Å². The molecule has 0 saturated heterocycles. The molecule has 18 heavy (non-hydrogen) atoms. The van der Waals surface area contributed by atoms with Gasteiger partial charge in [0.15, 0.2) is 0 Å². The third-order valence-electron chi connectivity index (χ3n) is 2.20. The van der Waals surface area contributed by atoms with Crippen molar-refractivity contribution in [2.75, 3.05) is 25.6 Å². The number of urea groups is 1. The topological polar surface area (TPSA) is 87.7 Å². The summed E-state index contributed by atoms with van der Waals surface area (Å²) in [4.78, 5) is 22.2. The Kier molecular flexibility index (Phi) is 5.66. The van der Waals surface area contributed by atoms with Crippen molar-refractivity contribution in [1.29, 1.82) is 0 Å². The van der Waals surface area contributed by atoms with Crippen molar-refractivity contribution in [1.82, 2.24) is 5.32 Å². The van der Waals surface area contributed by atoms with Crippen LogP contribution < -0.4 is 10.6 Å². The Balaban J connectivity index is 2.60. The van der Waals surface area contributed by atoms with Crippen LogP contribution in [0, 0.1) is 0 Å². The van der Waals surface area contributed by atoms with E-state index in [9.17, 15) is 9.59 Å². The van der Waals surface area contributed by atoms with Crippen LogP contribution in [-0.2, 0) is 16.0 Å². The number of anilines is 1. The fourth-order valence-electron chi connectivity index (χ4n) is 1.39. The number of hydrogen-bond acceptors (Lipinski definition) is 3. The summed E-state index contributed by atoms with van der Waals surface area (Å²) in [7, 11) is 1.54. The van der Waals surface area contributed by atoms with Crippen LogP contribution in [0.2, 0.25) is 0 Å². The third-order valence-corrected chi connectivity index (χ3v) is 2.20. The zero-order valence-electron chi connectivity index (χ0n) is 10.1. The Morgan fingerprint density at radius 1 is 1.33 bits per heavy atom. The van der Waals surface area contributed by atoms with Crippen molar-refractivity contribution >= 4 is 17.7 Å². The third kappa shape index (κ3) is 4.84. The highest BCUT2D eigenvalue weighted by Gasteiger charge is 2.08. The lowest BCUT2D eigenvalue weighted by atomic mass is 10.1. The van der Waals surface area contributed by atoms with E-state index in [1.54, 1.807) is 31.4 Å². The van der Waals surface area contributed by atoms with Crippen LogP contribution in [0.3, 0.4) is 0 Å². The normalized spacial score (nSPS) is 9.83. The molecule has 0 aliphatic carbocycles. The van der Waals surface area contributed by atoms with Gasteiger partial charge in [0.05, 0.1) is 13.0 Å². The van der Waals surface area contributed by atoms with E-state index in [0.29, 0.717) is 24.4 Å². The van der Waals surface area contributed by atoms with Crippen molar-refractivity contribution in [2.45, 2.75) is 6.42 Å². The highest BCUT2D eigenvalue weighted by molar-refractivity contribution is 5.90. The maximum absolute atomic E-state index is 11.5. The second-order valence-corrected chi connectivity index (χ2v) is 3.60. The standard InChI is InChI=1S/C12H16N2O4/c1-18-7-6-13-12(17)14-10-5-3-2-4-9(10)8-11(15)16/h2-5H,6-8H2,1H3,(H,15,16)(H2,13,14,17). The van der Waals surface area contributed by atoms with Gasteiger partial charge < -0.3 is 20.5 Å². The molecule has 0 fully saturated rings. The monoisotopic (exact) mass is 252 g/mol. The van der Waals surface area contributed by atoms with Crippen molar-refractivity contribution < 1.29 is 19.4 Å². The molecule has 6 nitrogen and oxygen atoms in total. The number of ether oxygens (including phenoxy) is 1. The number of hydrogen-bond donors (Lipinski definition) is 3. The molecule has 0 aliphatic heterocycles. The summed E-state index contributed by atoms with van der Waals surface area (Å²) in [6.45, 7) is 0.813. The van der Waals surface area contributed by atoms with Gasteiger partial charge in [-0.05, 0) is 11.6 Å². The predicted octanol–water partition coefficient (Wildman–Crippen LogP) is 1.08. The minimum Gasteiger partial charge on any atom is -0.481 e. The van der Waals surface area contributed by atoms with Gasteiger partial charge in [-0.2, -0.15) is 0 Å².